The van der Waals surface area contributed by atoms with Gasteiger partial charge in [0.2, 0.25) is 0 Å². The van der Waals surface area contributed by atoms with Gasteiger partial charge in [0.15, 0.2) is 0 Å². The summed E-state index contributed by atoms with van der Waals surface area (Å²) in [6.07, 6.45) is 14.0. The number of hydrogen-bond acceptors (Lipinski definition) is 3. The van der Waals surface area contributed by atoms with E-state index in [4.69, 9.17) is 4.74 Å². The summed E-state index contributed by atoms with van der Waals surface area (Å²) in [4.78, 5) is 7.28. The van der Waals surface area contributed by atoms with Gasteiger partial charge in [-0.1, -0.05) is 46.0 Å². The molecular weight excluding hydrogens is 356 g/mol. The van der Waals surface area contributed by atoms with Crippen molar-refractivity contribution in [1.82, 2.24) is 9.88 Å². The van der Waals surface area contributed by atoms with Gasteiger partial charge in [-0.05, 0) is 80.4 Å². The topological polar surface area (TPSA) is 25.4 Å². The normalized spacial score (nSPS) is 20.2. The summed E-state index contributed by atoms with van der Waals surface area (Å²) in [5.41, 5.74) is 2.50. The Morgan fingerprint density at radius 2 is 1.93 bits per heavy atom. The van der Waals surface area contributed by atoms with Crippen LogP contribution in [0.4, 0.5) is 0 Å². The lowest BCUT2D eigenvalue weighted by Crippen LogP contribution is -2.40. The molecule has 2 atom stereocenters. The molecule has 1 aromatic heterocycles. The molecule has 1 saturated heterocycles. The number of hydrogen-bond donors (Lipinski definition) is 0. The summed E-state index contributed by atoms with van der Waals surface area (Å²) in [5, 5.41) is 1.25. The van der Waals surface area contributed by atoms with Crippen LogP contribution in [0.3, 0.4) is 0 Å². The van der Waals surface area contributed by atoms with Gasteiger partial charge in [0.05, 0.1) is 12.6 Å². The number of benzene rings is 1. The first-order chi connectivity index (χ1) is 14.2. The average Bonchev–Trinajstić information content (AvgIpc) is 2.77. The van der Waals surface area contributed by atoms with Crippen LogP contribution in [0.5, 0.6) is 5.75 Å². The third kappa shape index (κ3) is 6.18. The molecule has 2 aromatic rings. The molecule has 160 valence electrons. The minimum Gasteiger partial charge on any atom is -0.497 e. The van der Waals surface area contributed by atoms with Crippen LogP contribution in [-0.2, 0) is 6.42 Å². The molecule has 1 aromatic carbocycles. The van der Waals surface area contributed by atoms with Gasteiger partial charge in [0, 0.05) is 18.1 Å². The molecule has 1 aliphatic rings. The van der Waals surface area contributed by atoms with E-state index in [1.807, 2.05) is 12.3 Å². The fourth-order valence-electron chi connectivity index (χ4n) is 5.01. The Morgan fingerprint density at radius 1 is 1.07 bits per heavy atom. The van der Waals surface area contributed by atoms with Crippen molar-refractivity contribution in [2.24, 2.45) is 11.8 Å². The molecule has 3 nitrogen and oxygen atoms in total. The van der Waals surface area contributed by atoms with Crippen LogP contribution < -0.4 is 4.74 Å². The van der Waals surface area contributed by atoms with E-state index in [-0.39, 0.29) is 0 Å². The van der Waals surface area contributed by atoms with E-state index in [0.29, 0.717) is 0 Å². The van der Waals surface area contributed by atoms with Gasteiger partial charge >= 0.3 is 0 Å². The maximum atomic E-state index is 5.44. The summed E-state index contributed by atoms with van der Waals surface area (Å²) < 4.78 is 5.44. The maximum Gasteiger partial charge on any atom is 0.119 e. The molecule has 0 spiro atoms. The van der Waals surface area contributed by atoms with E-state index in [1.54, 1.807) is 7.11 Å². The second-order valence-corrected chi connectivity index (χ2v) is 8.82. The highest BCUT2D eigenvalue weighted by Crippen LogP contribution is 2.32. The number of pyridine rings is 1. The van der Waals surface area contributed by atoms with Gasteiger partial charge in [-0.2, -0.15) is 0 Å². The van der Waals surface area contributed by atoms with E-state index >= 15 is 0 Å². The van der Waals surface area contributed by atoms with Crippen LogP contribution in [0, 0.1) is 11.8 Å². The highest BCUT2D eigenvalue weighted by atomic mass is 16.5. The molecular formula is C26H40N2O. The summed E-state index contributed by atoms with van der Waals surface area (Å²) in [6.45, 7) is 8.58. The third-order valence-electron chi connectivity index (χ3n) is 6.90. The van der Waals surface area contributed by atoms with Gasteiger partial charge in [-0.15, -0.1) is 0 Å². The van der Waals surface area contributed by atoms with Gasteiger partial charge < -0.3 is 9.64 Å². The second-order valence-electron chi connectivity index (χ2n) is 8.82. The Bertz CT molecular complexity index is 745. The second kappa shape index (κ2) is 11.5. The predicted octanol–water partition coefficient (Wildman–Crippen LogP) is 6.49. The van der Waals surface area contributed by atoms with Crippen molar-refractivity contribution in [3.8, 4) is 5.75 Å². The van der Waals surface area contributed by atoms with Crippen molar-refractivity contribution in [2.45, 2.75) is 71.6 Å². The Morgan fingerprint density at radius 3 is 2.72 bits per heavy atom. The van der Waals surface area contributed by atoms with Crippen molar-refractivity contribution >= 4 is 10.9 Å². The quantitative estimate of drug-likeness (QED) is 0.406. The van der Waals surface area contributed by atoms with Gasteiger partial charge in [0.1, 0.15) is 5.75 Å². The first kappa shape index (κ1) is 22.1. The Kier molecular flexibility index (Phi) is 8.79. The number of fused-ring (bicyclic) bond motifs is 1. The van der Waals surface area contributed by atoms with E-state index < -0.39 is 0 Å². The number of piperidine rings is 1. The number of rotatable bonds is 11. The van der Waals surface area contributed by atoms with Gasteiger partial charge in [-0.3, -0.25) is 4.98 Å². The van der Waals surface area contributed by atoms with Gasteiger partial charge in [-0.25, -0.2) is 0 Å². The van der Waals surface area contributed by atoms with Crippen molar-refractivity contribution < 1.29 is 4.74 Å². The lowest BCUT2D eigenvalue weighted by Gasteiger charge is -2.38. The highest BCUT2D eigenvalue weighted by molar-refractivity contribution is 5.83. The molecule has 0 radical (unpaired) electrons. The first-order valence-corrected chi connectivity index (χ1v) is 11.9. The SMILES string of the molecule is CCCCCCCN1CC[C@@H](CCc2ccnc3ccc(OC)cc23)[C@@H](CC)C1. The van der Waals surface area contributed by atoms with Gasteiger partial charge in [0.25, 0.3) is 0 Å². The number of unbranched alkanes of at least 4 members (excludes halogenated alkanes) is 4. The molecule has 0 unspecified atom stereocenters. The number of nitrogens with zero attached hydrogens (tertiary/aromatic N) is 2. The molecule has 3 heteroatoms. The molecule has 0 bridgehead atoms. The van der Waals surface area contributed by atoms with Crippen LogP contribution in [-0.4, -0.2) is 36.6 Å². The molecule has 2 heterocycles. The largest absolute Gasteiger partial charge is 0.497 e. The first-order valence-electron chi connectivity index (χ1n) is 11.9. The Hall–Kier alpha value is -1.61. The van der Waals surface area contributed by atoms with Crippen molar-refractivity contribution in [3.05, 3.63) is 36.0 Å². The Balaban J connectivity index is 1.54. The number of aryl methyl sites for hydroxylation is 1. The van der Waals surface area contributed by atoms with Crippen LogP contribution >= 0.6 is 0 Å². The third-order valence-corrected chi connectivity index (χ3v) is 6.90. The van der Waals surface area contributed by atoms with E-state index in [1.165, 1.54) is 82.0 Å². The molecule has 0 aliphatic carbocycles. The molecule has 29 heavy (non-hydrogen) atoms. The monoisotopic (exact) mass is 396 g/mol. The lowest BCUT2D eigenvalue weighted by atomic mass is 9.80. The Labute approximate surface area is 177 Å². The van der Waals surface area contributed by atoms with Crippen LogP contribution in [0.1, 0.15) is 70.8 Å². The lowest BCUT2D eigenvalue weighted by molar-refractivity contribution is 0.109. The zero-order valence-electron chi connectivity index (χ0n) is 18.8. The predicted molar refractivity (Wildman–Crippen MR) is 124 cm³/mol. The molecule has 0 N–H and O–H groups in total. The van der Waals surface area contributed by atoms with Crippen LogP contribution in [0.15, 0.2) is 30.5 Å². The molecule has 0 amide bonds. The standard InChI is InChI=1S/C26H40N2O/c1-4-6-7-8-9-17-28-18-15-22(21(5-2)20-28)10-11-23-14-16-27-26-13-12-24(29-3)19-25(23)26/h12-14,16,19,21-22H,4-11,15,17-18,20H2,1-3H3/t21-,22+/m0/s1. The van der Waals surface area contributed by atoms with E-state index in [0.717, 1.165) is 29.5 Å². The number of methoxy groups -OCH3 is 1. The summed E-state index contributed by atoms with van der Waals surface area (Å²) in [7, 11) is 1.74. The van der Waals surface area contributed by atoms with Crippen molar-refractivity contribution in [2.75, 3.05) is 26.7 Å². The maximum absolute atomic E-state index is 5.44. The van der Waals surface area contributed by atoms with Crippen molar-refractivity contribution in [3.63, 3.8) is 0 Å². The fraction of sp³-hybridized carbons (Fsp3) is 0.654. The summed E-state index contributed by atoms with van der Waals surface area (Å²) >= 11 is 0. The summed E-state index contributed by atoms with van der Waals surface area (Å²) in [5.74, 6) is 2.62. The summed E-state index contributed by atoms with van der Waals surface area (Å²) in [6, 6.07) is 8.43. The highest BCUT2D eigenvalue weighted by Gasteiger charge is 2.27. The molecule has 3 rings (SSSR count). The van der Waals surface area contributed by atoms with E-state index in [9.17, 15) is 0 Å². The zero-order chi connectivity index (χ0) is 20.5. The van der Waals surface area contributed by atoms with E-state index in [2.05, 4.69) is 41.9 Å². The molecule has 0 saturated carbocycles. The number of ether oxygens (including phenoxy) is 1. The minimum absolute atomic E-state index is 0.849. The minimum atomic E-state index is 0.849. The smallest absolute Gasteiger partial charge is 0.119 e. The van der Waals surface area contributed by atoms with Crippen LogP contribution in [0.25, 0.3) is 10.9 Å². The molecule has 1 fully saturated rings. The zero-order valence-corrected chi connectivity index (χ0v) is 18.8. The fourth-order valence-corrected chi connectivity index (χ4v) is 5.01. The van der Waals surface area contributed by atoms with Crippen molar-refractivity contribution in [1.29, 1.82) is 0 Å². The number of likely N-dealkylation sites (tertiary alicyclic amines) is 1. The number of aromatic nitrogens is 1. The van der Waals surface area contributed by atoms with Crippen LogP contribution in [0.2, 0.25) is 0 Å². The average molecular weight is 397 g/mol. The molecule has 1 aliphatic heterocycles.